The number of thioether (sulfide) groups is 1. The molecule has 1 aromatic carbocycles. The number of ketones is 1. The van der Waals surface area contributed by atoms with Gasteiger partial charge in [-0.25, -0.2) is 4.98 Å². The molecule has 1 N–H and O–H groups in total. The number of rotatable bonds is 5. The summed E-state index contributed by atoms with van der Waals surface area (Å²) in [5.74, 6) is -0.594. The molecule has 8 heteroatoms. The van der Waals surface area contributed by atoms with Crippen molar-refractivity contribution in [2.24, 2.45) is 0 Å². The fourth-order valence-electron chi connectivity index (χ4n) is 1.86. The Morgan fingerprint density at radius 3 is 2.46 bits per heavy atom. The van der Waals surface area contributed by atoms with E-state index in [1.165, 1.54) is 13.0 Å². The van der Waals surface area contributed by atoms with E-state index in [2.05, 4.69) is 10.3 Å². The summed E-state index contributed by atoms with van der Waals surface area (Å²) in [5, 5.41) is 2.91. The first-order valence-corrected chi connectivity index (χ1v) is 7.82. The van der Waals surface area contributed by atoms with Crippen molar-refractivity contribution in [1.29, 1.82) is 0 Å². The quantitative estimate of drug-likeness (QED) is 0.650. The average Bonchev–Trinajstić information content (AvgIpc) is 2.53. The maximum absolute atomic E-state index is 12.4. The third-order valence-electron chi connectivity index (χ3n) is 3.00. The molecule has 0 radical (unpaired) electrons. The molecule has 0 saturated carbocycles. The van der Waals surface area contributed by atoms with Gasteiger partial charge in [-0.15, -0.1) is 0 Å². The van der Waals surface area contributed by atoms with Gasteiger partial charge in [0, 0.05) is 11.8 Å². The number of hydrogen-bond donors (Lipinski definition) is 1. The molecule has 0 aliphatic rings. The van der Waals surface area contributed by atoms with Gasteiger partial charge in [-0.05, 0) is 31.2 Å². The minimum absolute atomic E-state index is 0.0371. The van der Waals surface area contributed by atoms with Gasteiger partial charge in [0.05, 0.1) is 22.0 Å². The topological polar surface area (TPSA) is 59.1 Å². The van der Waals surface area contributed by atoms with Crippen molar-refractivity contribution < 1.29 is 22.8 Å². The van der Waals surface area contributed by atoms with Crippen LogP contribution in [-0.2, 0) is 11.0 Å². The maximum atomic E-state index is 12.4. The van der Waals surface area contributed by atoms with E-state index in [1.807, 2.05) is 0 Å². The number of nitrogens with zero attached hydrogens (tertiary/aromatic N) is 1. The van der Waals surface area contributed by atoms with Crippen molar-refractivity contribution in [3.8, 4) is 0 Å². The number of nitrogens with one attached hydrogen (secondary N) is 1. The van der Waals surface area contributed by atoms with E-state index in [-0.39, 0.29) is 17.4 Å². The number of aromatic nitrogens is 1. The first-order valence-electron chi connectivity index (χ1n) is 6.83. The lowest BCUT2D eigenvalue weighted by atomic mass is 10.1. The first kappa shape index (κ1) is 18.0. The van der Waals surface area contributed by atoms with E-state index >= 15 is 0 Å². The maximum Gasteiger partial charge on any atom is 0.417 e. The number of carbonyl (C=O) groups excluding carboxylic acids is 2. The Bertz CT molecular complexity index is 746. The van der Waals surface area contributed by atoms with Gasteiger partial charge in [-0.1, -0.05) is 23.9 Å². The summed E-state index contributed by atoms with van der Waals surface area (Å²) in [6.45, 7) is 1.39. The molecule has 2 aromatic rings. The second kappa shape index (κ2) is 7.48. The summed E-state index contributed by atoms with van der Waals surface area (Å²) in [7, 11) is 0. The van der Waals surface area contributed by atoms with Gasteiger partial charge < -0.3 is 5.32 Å². The lowest BCUT2D eigenvalue weighted by molar-refractivity contribution is -0.137. The van der Waals surface area contributed by atoms with E-state index in [1.54, 1.807) is 24.3 Å². The lowest BCUT2D eigenvalue weighted by Gasteiger charge is -2.09. The number of hydrogen-bond acceptors (Lipinski definition) is 4. The minimum Gasteiger partial charge on any atom is -0.325 e. The summed E-state index contributed by atoms with van der Waals surface area (Å²) in [6, 6.07) is 8.71. The normalized spacial score (nSPS) is 11.2. The van der Waals surface area contributed by atoms with Crippen LogP contribution in [0.15, 0.2) is 47.6 Å². The molecule has 1 heterocycles. The third kappa shape index (κ3) is 4.82. The van der Waals surface area contributed by atoms with Gasteiger partial charge in [0.2, 0.25) is 5.91 Å². The van der Waals surface area contributed by atoms with Gasteiger partial charge in [0.1, 0.15) is 0 Å². The highest BCUT2D eigenvalue weighted by Gasteiger charge is 2.30. The van der Waals surface area contributed by atoms with Gasteiger partial charge in [-0.2, -0.15) is 13.2 Å². The molecule has 1 amide bonds. The Labute approximate surface area is 140 Å². The molecular formula is C16H13F3N2O2S. The van der Waals surface area contributed by atoms with Crippen molar-refractivity contribution in [3.63, 3.8) is 0 Å². The van der Waals surface area contributed by atoms with Crippen LogP contribution in [0.2, 0.25) is 0 Å². The smallest absolute Gasteiger partial charge is 0.325 e. The van der Waals surface area contributed by atoms with Gasteiger partial charge in [0.15, 0.2) is 5.78 Å². The van der Waals surface area contributed by atoms with Crippen LogP contribution >= 0.6 is 11.8 Å². The molecule has 0 aliphatic heterocycles. The van der Waals surface area contributed by atoms with Gasteiger partial charge in [0.25, 0.3) is 0 Å². The predicted octanol–water partition coefficient (Wildman–Crippen LogP) is 4.03. The molecule has 0 atom stereocenters. The monoisotopic (exact) mass is 354 g/mol. The van der Waals surface area contributed by atoms with E-state index in [4.69, 9.17) is 0 Å². The fraction of sp³-hybridized carbons (Fsp3) is 0.188. The van der Waals surface area contributed by atoms with Crippen LogP contribution in [0, 0.1) is 0 Å². The highest BCUT2D eigenvalue weighted by atomic mass is 32.2. The molecule has 0 unspecified atom stereocenters. The second-order valence-electron chi connectivity index (χ2n) is 4.82. The standard InChI is InChI=1S/C16H13F3N2O2S/c1-10(22)12-4-2-3-5-13(12)21-14(23)9-24-15-7-6-11(8-20-15)16(17,18)19/h2-8H,9H2,1H3,(H,21,23). The number of para-hydroxylation sites is 1. The zero-order valence-electron chi connectivity index (χ0n) is 12.6. The number of amides is 1. The lowest BCUT2D eigenvalue weighted by Crippen LogP contribution is -2.16. The van der Waals surface area contributed by atoms with Crippen molar-refractivity contribution >= 4 is 29.1 Å². The summed E-state index contributed by atoms with van der Waals surface area (Å²) >= 11 is 1.01. The number of alkyl halides is 3. The molecule has 24 heavy (non-hydrogen) atoms. The van der Waals surface area contributed by atoms with Gasteiger partial charge >= 0.3 is 6.18 Å². The molecular weight excluding hydrogens is 341 g/mol. The molecule has 4 nitrogen and oxygen atoms in total. The van der Waals surface area contributed by atoms with Crippen LogP contribution in [0.4, 0.5) is 18.9 Å². The number of benzene rings is 1. The summed E-state index contributed by atoms with van der Waals surface area (Å²) in [6.07, 6.45) is -3.71. The molecule has 1 aromatic heterocycles. The number of Topliss-reactive ketones (excluding diaryl/α,β-unsaturated/α-hetero) is 1. The van der Waals surface area contributed by atoms with Crippen LogP contribution in [0.5, 0.6) is 0 Å². The predicted molar refractivity (Wildman–Crippen MR) is 85.0 cm³/mol. The Morgan fingerprint density at radius 1 is 1.17 bits per heavy atom. The second-order valence-corrected chi connectivity index (χ2v) is 5.82. The molecule has 2 rings (SSSR count). The highest BCUT2D eigenvalue weighted by molar-refractivity contribution is 7.99. The van der Waals surface area contributed by atoms with E-state index in [0.29, 0.717) is 16.3 Å². The summed E-state index contributed by atoms with van der Waals surface area (Å²) in [4.78, 5) is 27.1. The Kier molecular flexibility index (Phi) is 5.61. The minimum atomic E-state index is -4.44. The molecule has 0 spiro atoms. The largest absolute Gasteiger partial charge is 0.417 e. The van der Waals surface area contributed by atoms with Crippen molar-refractivity contribution in [2.45, 2.75) is 18.1 Å². The fourth-order valence-corrected chi connectivity index (χ4v) is 2.50. The zero-order chi connectivity index (χ0) is 17.7. The Hall–Kier alpha value is -2.35. The summed E-state index contributed by atoms with van der Waals surface area (Å²) < 4.78 is 37.3. The van der Waals surface area contributed by atoms with Crippen LogP contribution in [0.1, 0.15) is 22.8 Å². The summed E-state index contributed by atoms with van der Waals surface area (Å²) in [5.41, 5.74) is -0.0498. The zero-order valence-corrected chi connectivity index (χ0v) is 13.4. The number of carbonyl (C=O) groups is 2. The number of halogens is 3. The van der Waals surface area contributed by atoms with Crippen LogP contribution < -0.4 is 5.32 Å². The third-order valence-corrected chi connectivity index (χ3v) is 3.94. The van der Waals surface area contributed by atoms with E-state index < -0.39 is 11.7 Å². The molecule has 0 saturated heterocycles. The van der Waals surface area contributed by atoms with Crippen molar-refractivity contribution in [2.75, 3.05) is 11.1 Å². The molecule has 0 fully saturated rings. The van der Waals surface area contributed by atoms with Crippen LogP contribution in [0.3, 0.4) is 0 Å². The highest BCUT2D eigenvalue weighted by Crippen LogP contribution is 2.29. The van der Waals surface area contributed by atoms with E-state index in [0.717, 1.165) is 24.0 Å². The number of pyridine rings is 1. The average molecular weight is 354 g/mol. The number of anilines is 1. The van der Waals surface area contributed by atoms with Crippen molar-refractivity contribution in [1.82, 2.24) is 4.98 Å². The van der Waals surface area contributed by atoms with Crippen LogP contribution in [-0.4, -0.2) is 22.4 Å². The van der Waals surface area contributed by atoms with Crippen molar-refractivity contribution in [3.05, 3.63) is 53.7 Å². The Morgan fingerprint density at radius 2 is 1.88 bits per heavy atom. The Balaban J connectivity index is 1.96. The molecule has 0 bridgehead atoms. The van der Waals surface area contributed by atoms with Crippen LogP contribution in [0.25, 0.3) is 0 Å². The van der Waals surface area contributed by atoms with Gasteiger partial charge in [-0.3, -0.25) is 9.59 Å². The molecule has 0 aliphatic carbocycles. The SMILES string of the molecule is CC(=O)c1ccccc1NC(=O)CSc1ccc(C(F)(F)F)cn1. The first-order chi connectivity index (χ1) is 11.3. The van der Waals surface area contributed by atoms with E-state index in [9.17, 15) is 22.8 Å². The molecule has 126 valence electrons.